The number of hydrogen-bond donors (Lipinski definition) is 1. The Hall–Kier alpha value is -2.49. The summed E-state index contributed by atoms with van der Waals surface area (Å²) in [5, 5.41) is 3.03. The Morgan fingerprint density at radius 2 is 1.86 bits per heavy atom. The van der Waals surface area contributed by atoms with Gasteiger partial charge >= 0.3 is 0 Å². The van der Waals surface area contributed by atoms with E-state index in [2.05, 4.69) is 23.5 Å². The van der Waals surface area contributed by atoms with Crippen molar-refractivity contribution in [1.29, 1.82) is 0 Å². The standard InChI is InChI=1S/C25H33NO3/c1-3-23(29-22-16-15-19-10-5-6-12-21(19)18-22)25(27)26-17-9-13-20-11-7-8-14-24(20)28-4-2/h7-8,11,14-16,18,23H,3-6,9-10,12-13,17H2,1-2H3,(H,26,27)/t23-/m1/s1. The van der Waals surface area contributed by atoms with Crippen molar-refractivity contribution in [3.05, 3.63) is 59.2 Å². The van der Waals surface area contributed by atoms with Crippen molar-refractivity contribution < 1.29 is 14.3 Å². The van der Waals surface area contributed by atoms with Crippen LogP contribution in [0.1, 0.15) is 56.2 Å². The first-order valence-corrected chi connectivity index (χ1v) is 11.0. The molecule has 29 heavy (non-hydrogen) atoms. The number of nitrogens with one attached hydrogen (secondary N) is 1. The van der Waals surface area contributed by atoms with Crippen LogP contribution in [-0.2, 0) is 24.1 Å². The third-order valence-electron chi connectivity index (χ3n) is 5.46. The molecule has 2 aromatic rings. The Morgan fingerprint density at radius 1 is 1.07 bits per heavy atom. The fraction of sp³-hybridized carbons (Fsp3) is 0.480. The van der Waals surface area contributed by atoms with E-state index >= 15 is 0 Å². The summed E-state index contributed by atoms with van der Waals surface area (Å²) in [5.74, 6) is 1.70. The lowest BCUT2D eigenvalue weighted by Gasteiger charge is -2.20. The molecule has 0 aliphatic heterocycles. The molecule has 0 fully saturated rings. The highest BCUT2D eigenvalue weighted by atomic mass is 16.5. The molecule has 2 aromatic carbocycles. The van der Waals surface area contributed by atoms with Gasteiger partial charge in [-0.3, -0.25) is 4.79 Å². The molecule has 0 spiro atoms. The summed E-state index contributed by atoms with van der Waals surface area (Å²) >= 11 is 0. The molecule has 3 rings (SSSR count). The number of amides is 1. The Morgan fingerprint density at radius 3 is 2.66 bits per heavy atom. The van der Waals surface area contributed by atoms with Gasteiger partial charge in [-0.25, -0.2) is 0 Å². The van der Waals surface area contributed by atoms with E-state index in [1.54, 1.807) is 0 Å². The van der Waals surface area contributed by atoms with Crippen LogP contribution in [0.4, 0.5) is 0 Å². The van der Waals surface area contributed by atoms with Gasteiger partial charge in [0.15, 0.2) is 6.10 Å². The Kier molecular flexibility index (Phi) is 7.97. The van der Waals surface area contributed by atoms with Crippen LogP contribution in [0, 0.1) is 0 Å². The largest absolute Gasteiger partial charge is 0.494 e. The van der Waals surface area contributed by atoms with Crippen molar-refractivity contribution in [2.75, 3.05) is 13.2 Å². The number of carbonyl (C=O) groups excluding carboxylic acids is 1. The highest BCUT2D eigenvalue weighted by Gasteiger charge is 2.19. The normalized spacial score (nSPS) is 14.0. The Labute approximate surface area is 174 Å². The van der Waals surface area contributed by atoms with Crippen molar-refractivity contribution in [2.24, 2.45) is 0 Å². The lowest BCUT2D eigenvalue weighted by atomic mass is 9.92. The maximum Gasteiger partial charge on any atom is 0.261 e. The highest BCUT2D eigenvalue weighted by molar-refractivity contribution is 5.81. The molecule has 0 aromatic heterocycles. The molecule has 1 amide bonds. The van der Waals surface area contributed by atoms with Crippen molar-refractivity contribution in [2.45, 2.75) is 64.9 Å². The van der Waals surface area contributed by atoms with Crippen LogP contribution in [0.25, 0.3) is 0 Å². The minimum absolute atomic E-state index is 0.0386. The second-order valence-electron chi connectivity index (χ2n) is 7.59. The highest BCUT2D eigenvalue weighted by Crippen LogP contribution is 2.26. The van der Waals surface area contributed by atoms with Gasteiger partial charge in [-0.05, 0) is 86.8 Å². The molecule has 0 saturated carbocycles. The number of rotatable bonds is 10. The van der Waals surface area contributed by atoms with Crippen molar-refractivity contribution in [3.63, 3.8) is 0 Å². The molecule has 0 saturated heterocycles. The van der Waals surface area contributed by atoms with Gasteiger partial charge in [-0.15, -0.1) is 0 Å². The van der Waals surface area contributed by atoms with Gasteiger partial charge in [0.1, 0.15) is 11.5 Å². The van der Waals surface area contributed by atoms with E-state index in [9.17, 15) is 4.79 Å². The van der Waals surface area contributed by atoms with Gasteiger partial charge < -0.3 is 14.8 Å². The second kappa shape index (κ2) is 10.9. The van der Waals surface area contributed by atoms with Crippen molar-refractivity contribution in [3.8, 4) is 11.5 Å². The van der Waals surface area contributed by atoms with E-state index < -0.39 is 6.10 Å². The summed E-state index contributed by atoms with van der Waals surface area (Å²) in [4.78, 5) is 12.6. The summed E-state index contributed by atoms with van der Waals surface area (Å²) < 4.78 is 11.7. The number of carbonyl (C=O) groups is 1. The maximum atomic E-state index is 12.6. The molecular weight excluding hydrogens is 362 g/mol. The summed E-state index contributed by atoms with van der Waals surface area (Å²) in [6, 6.07) is 14.4. The summed E-state index contributed by atoms with van der Waals surface area (Å²) in [6.07, 6.45) is 6.70. The van der Waals surface area contributed by atoms with Gasteiger partial charge in [-0.2, -0.15) is 0 Å². The van der Waals surface area contributed by atoms with Gasteiger partial charge in [0.2, 0.25) is 0 Å². The average molecular weight is 396 g/mol. The topological polar surface area (TPSA) is 47.6 Å². The zero-order valence-corrected chi connectivity index (χ0v) is 17.7. The number of aryl methyl sites for hydroxylation is 3. The van der Waals surface area contributed by atoms with Gasteiger partial charge in [0.05, 0.1) is 6.61 Å². The quantitative estimate of drug-likeness (QED) is 0.584. The fourth-order valence-electron chi connectivity index (χ4n) is 3.88. The third kappa shape index (κ3) is 5.99. The molecule has 156 valence electrons. The van der Waals surface area contributed by atoms with Gasteiger partial charge in [-0.1, -0.05) is 31.2 Å². The van der Waals surface area contributed by atoms with E-state index in [1.165, 1.54) is 29.5 Å². The molecule has 0 bridgehead atoms. The first kappa shape index (κ1) is 21.2. The predicted molar refractivity (Wildman–Crippen MR) is 117 cm³/mol. The van der Waals surface area contributed by atoms with Crippen LogP contribution in [-0.4, -0.2) is 25.2 Å². The number of hydrogen-bond acceptors (Lipinski definition) is 3. The first-order valence-electron chi connectivity index (χ1n) is 11.0. The summed E-state index contributed by atoms with van der Waals surface area (Å²) in [5.41, 5.74) is 3.98. The van der Waals surface area contributed by atoms with Crippen LogP contribution in [0.5, 0.6) is 11.5 Å². The molecule has 1 atom stereocenters. The van der Waals surface area contributed by atoms with Gasteiger partial charge in [0.25, 0.3) is 5.91 Å². The lowest BCUT2D eigenvalue weighted by molar-refractivity contribution is -0.128. The predicted octanol–water partition coefficient (Wildman–Crippen LogP) is 4.87. The Balaban J connectivity index is 1.48. The van der Waals surface area contributed by atoms with Crippen LogP contribution in [0.3, 0.4) is 0 Å². The minimum atomic E-state index is -0.452. The van der Waals surface area contributed by atoms with Gasteiger partial charge in [0, 0.05) is 6.54 Å². The molecule has 1 aliphatic rings. The van der Waals surface area contributed by atoms with Crippen molar-refractivity contribution in [1.82, 2.24) is 5.32 Å². The molecule has 0 unspecified atom stereocenters. The zero-order valence-electron chi connectivity index (χ0n) is 17.7. The van der Waals surface area contributed by atoms with E-state index in [1.807, 2.05) is 38.1 Å². The molecule has 1 aliphatic carbocycles. The average Bonchev–Trinajstić information content (AvgIpc) is 2.76. The van der Waals surface area contributed by atoms with Crippen LogP contribution >= 0.6 is 0 Å². The van der Waals surface area contributed by atoms with Crippen LogP contribution < -0.4 is 14.8 Å². The smallest absolute Gasteiger partial charge is 0.261 e. The summed E-state index contributed by atoms with van der Waals surface area (Å²) in [7, 11) is 0. The van der Waals surface area contributed by atoms with E-state index in [0.29, 0.717) is 19.6 Å². The Bertz CT molecular complexity index is 802. The molecule has 1 N–H and O–H groups in total. The third-order valence-corrected chi connectivity index (χ3v) is 5.46. The van der Waals surface area contributed by atoms with Crippen molar-refractivity contribution >= 4 is 5.91 Å². The van der Waals surface area contributed by atoms with Crippen LogP contribution in [0.15, 0.2) is 42.5 Å². The van der Waals surface area contributed by atoms with E-state index in [4.69, 9.17) is 9.47 Å². The van der Waals surface area contributed by atoms with Crippen LogP contribution in [0.2, 0.25) is 0 Å². The fourth-order valence-corrected chi connectivity index (χ4v) is 3.88. The second-order valence-corrected chi connectivity index (χ2v) is 7.59. The molecule has 4 nitrogen and oxygen atoms in total. The lowest BCUT2D eigenvalue weighted by Crippen LogP contribution is -2.38. The first-order chi connectivity index (χ1) is 14.2. The SMILES string of the molecule is CCOc1ccccc1CCCNC(=O)[C@@H](CC)Oc1ccc2c(c1)CCCC2. The maximum absolute atomic E-state index is 12.6. The van der Waals surface area contributed by atoms with E-state index in [0.717, 1.165) is 37.2 Å². The molecular formula is C25H33NO3. The zero-order chi connectivity index (χ0) is 20.5. The monoisotopic (exact) mass is 395 g/mol. The number of para-hydroxylation sites is 1. The number of benzene rings is 2. The van der Waals surface area contributed by atoms with E-state index in [-0.39, 0.29) is 5.91 Å². The number of fused-ring (bicyclic) bond motifs is 1. The minimum Gasteiger partial charge on any atom is -0.494 e. The molecule has 0 heterocycles. The molecule has 0 radical (unpaired) electrons. The number of ether oxygens (including phenoxy) is 2. The summed E-state index contributed by atoms with van der Waals surface area (Å²) in [6.45, 7) is 5.26. The molecule has 4 heteroatoms.